The molecular weight excluding hydrogens is 506 g/mol. The molecule has 0 spiro atoms. The van der Waals surface area contributed by atoms with Crippen LogP contribution in [0.2, 0.25) is 0 Å². The first-order chi connectivity index (χ1) is 19.7. The molecule has 10 heteroatoms. The first-order valence-corrected chi connectivity index (χ1v) is 15.2. The van der Waals surface area contributed by atoms with Crippen molar-refractivity contribution in [1.29, 1.82) is 0 Å². The minimum absolute atomic E-state index is 0.0947. The lowest BCUT2D eigenvalue weighted by Crippen LogP contribution is -2.27. The van der Waals surface area contributed by atoms with Gasteiger partial charge in [0.15, 0.2) is 0 Å². The highest BCUT2D eigenvalue weighted by atomic mass is 16.5. The molecule has 1 saturated carbocycles. The molecular formula is C30H49N7O3. The van der Waals surface area contributed by atoms with Crippen LogP contribution in [-0.4, -0.2) is 73.0 Å². The molecule has 1 aromatic carbocycles. The van der Waals surface area contributed by atoms with E-state index in [-0.39, 0.29) is 5.91 Å². The van der Waals surface area contributed by atoms with Crippen molar-refractivity contribution in [1.82, 2.24) is 20.3 Å². The van der Waals surface area contributed by atoms with Crippen LogP contribution in [0.5, 0.6) is 0 Å². The van der Waals surface area contributed by atoms with Gasteiger partial charge in [0.05, 0.1) is 26.4 Å². The molecule has 1 amide bonds. The lowest BCUT2D eigenvalue weighted by molar-refractivity contribution is 0.0519. The first kappa shape index (κ1) is 31.5. The molecule has 0 aliphatic heterocycles. The molecule has 0 radical (unpaired) electrons. The average Bonchev–Trinajstić information content (AvgIpc) is 2.98. The number of hydrogen-bond donors (Lipinski definition) is 4. The quantitative estimate of drug-likeness (QED) is 0.153. The third kappa shape index (κ3) is 13.4. The number of nitrogens with zero attached hydrogens (tertiary/aromatic N) is 3. The number of carbonyl (C=O) groups excluding carboxylic acids is 1. The van der Waals surface area contributed by atoms with Gasteiger partial charge in [-0.15, -0.1) is 0 Å². The number of nitrogens with one attached hydrogen (secondary N) is 4. The topological polar surface area (TPSA) is 122 Å². The van der Waals surface area contributed by atoms with Gasteiger partial charge in [0.1, 0.15) is 0 Å². The van der Waals surface area contributed by atoms with E-state index in [1.54, 1.807) is 12.1 Å². The Morgan fingerprint density at radius 2 is 1.38 bits per heavy atom. The number of aromatic nitrogens is 3. The van der Waals surface area contributed by atoms with E-state index in [4.69, 9.17) is 9.47 Å². The second-order valence-electron chi connectivity index (χ2n) is 10.3. The van der Waals surface area contributed by atoms with Gasteiger partial charge >= 0.3 is 0 Å². The van der Waals surface area contributed by atoms with E-state index < -0.39 is 0 Å². The molecule has 1 aromatic heterocycles. The standard InChI is InChI=1S/C30H49N7O3/c1-2-3-4-5-6-13-18-32-28-35-29(37-30(36-28)34-26-16-11-8-12-17-26)33-20-22-40-24-23-39-21-19-31-27(38)25-14-9-7-10-15-25/h7,9-10,14-15,26H,2-6,8,11-13,16-24H2,1H3,(H,31,38)(H3,32,33,34,35,36,37). The number of anilines is 3. The monoisotopic (exact) mass is 555 g/mol. The van der Waals surface area contributed by atoms with Crippen LogP contribution in [0.3, 0.4) is 0 Å². The maximum absolute atomic E-state index is 12.0. The van der Waals surface area contributed by atoms with E-state index >= 15 is 0 Å². The van der Waals surface area contributed by atoms with E-state index in [1.807, 2.05) is 18.2 Å². The number of hydrogen-bond acceptors (Lipinski definition) is 9. The fourth-order valence-corrected chi connectivity index (χ4v) is 4.62. The second kappa shape index (κ2) is 20.0. The van der Waals surface area contributed by atoms with Gasteiger partial charge in [-0.05, 0) is 31.4 Å². The maximum Gasteiger partial charge on any atom is 0.251 e. The van der Waals surface area contributed by atoms with Crippen molar-refractivity contribution in [3.63, 3.8) is 0 Å². The van der Waals surface area contributed by atoms with Crippen LogP contribution in [-0.2, 0) is 9.47 Å². The molecule has 4 N–H and O–H groups in total. The normalized spacial score (nSPS) is 13.6. The van der Waals surface area contributed by atoms with Gasteiger partial charge in [0, 0.05) is 31.2 Å². The lowest BCUT2D eigenvalue weighted by Gasteiger charge is -2.23. The van der Waals surface area contributed by atoms with E-state index in [9.17, 15) is 4.79 Å². The van der Waals surface area contributed by atoms with E-state index in [0.717, 1.165) is 25.8 Å². The number of amides is 1. The fraction of sp³-hybridized carbons (Fsp3) is 0.667. The third-order valence-corrected chi connectivity index (χ3v) is 6.86. The lowest BCUT2D eigenvalue weighted by atomic mass is 9.96. The van der Waals surface area contributed by atoms with Crippen molar-refractivity contribution >= 4 is 23.8 Å². The summed E-state index contributed by atoms with van der Waals surface area (Å²) in [6, 6.07) is 9.58. The van der Waals surface area contributed by atoms with Gasteiger partial charge in [0.25, 0.3) is 5.91 Å². The Morgan fingerprint density at radius 1 is 0.750 bits per heavy atom. The Morgan fingerprint density at radius 3 is 2.10 bits per heavy atom. The van der Waals surface area contributed by atoms with Crippen LogP contribution in [0.15, 0.2) is 30.3 Å². The molecule has 40 heavy (non-hydrogen) atoms. The average molecular weight is 556 g/mol. The predicted molar refractivity (Wildman–Crippen MR) is 161 cm³/mol. The number of ether oxygens (including phenoxy) is 2. The van der Waals surface area contributed by atoms with Crippen molar-refractivity contribution < 1.29 is 14.3 Å². The highest BCUT2D eigenvalue weighted by Gasteiger charge is 2.15. The minimum Gasteiger partial charge on any atom is -0.377 e. The third-order valence-electron chi connectivity index (χ3n) is 6.86. The molecule has 1 heterocycles. The number of unbranched alkanes of at least 4 members (excludes halogenated alkanes) is 5. The van der Waals surface area contributed by atoms with Crippen molar-refractivity contribution in [3.05, 3.63) is 35.9 Å². The van der Waals surface area contributed by atoms with Crippen LogP contribution < -0.4 is 21.3 Å². The SMILES string of the molecule is CCCCCCCCNc1nc(NCCOCCOCCNC(=O)c2ccccc2)nc(NC2CCCCC2)n1. The summed E-state index contributed by atoms with van der Waals surface area (Å²) in [5.41, 5.74) is 0.647. The Balaban J connectivity index is 1.31. The van der Waals surface area contributed by atoms with Crippen molar-refractivity contribution in [2.45, 2.75) is 83.6 Å². The maximum atomic E-state index is 12.0. The van der Waals surface area contributed by atoms with E-state index in [0.29, 0.717) is 69.0 Å². The van der Waals surface area contributed by atoms with Gasteiger partial charge in [0.2, 0.25) is 17.8 Å². The highest BCUT2D eigenvalue weighted by Crippen LogP contribution is 2.21. The summed E-state index contributed by atoms with van der Waals surface area (Å²) in [5, 5.41) is 13.0. The summed E-state index contributed by atoms with van der Waals surface area (Å²) in [5.74, 6) is 1.69. The van der Waals surface area contributed by atoms with Crippen LogP contribution in [0, 0.1) is 0 Å². The molecule has 0 saturated heterocycles. The van der Waals surface area contributed by atoms with Crippen molar-refractivity contribution in [3.8, 4) is 0 Å². The van der Waals surface area contributed by atoms with Crippen molar-refractivity contribution in [2.75, 3.05) is 62.0 Å². The number of benzene rings is 1. The summed E-state index contributed by atoms with van der Waals surface area (Å²) >= 11 is 0. The van der Waals surface area contributed by atoms with E-state index in [1.165, 1.54) is 51.4 Å². The van der Waals surface area contributed by atoms with E-state index in [2.05, 4.69) is 43.1 Å². The molecule has 222 valence electrons. The molecule has 1 aliphatic rings. The van der Waals surface area contributed by atoms with Crippen LogP contribution in [0.1, 0.15) is 87.9 Å². The molecule has 2 aromatic rings. The van der Waals surface area contributed by atoms with Gasteiger partial charge in [-0.3, -0.25) is 4.79 Å². The highest BCUT2D eigenvalue weighted by molar-refractivity contribution is 5.94. The summed E-state index contributed by atoms with van der Waals surface area (Å²) in [6.45, 7) is 6.03. The Labute approximate surface area is 239 Å². The molecule has 1 fully saturated rings. The molecule has 1 aliphatic carbocycles. The van der Waals surface area contributed by atoms with Gasteiger partial charge < -0.3 is 30.7 Å². The zero-order valence-corrected chi connectivity index (χ0v) is 24.3. The van der Waals surface area contributed by atoms with Gasteiger partial charge in [-0.1, -0.05) is 76.5 Å². The van der Waals surface area contributed by atoms with Crippen molar-refractivity contribution in [2.24, 2.45) is 0 Å². The minimum atomic E-state index is -0.0947. The van der Waals surface area contributed by atoms with Crippen LogP contribution >= 0.6 is 0 Å². The summed E-state index contributed by atoms with van der Waals surface area (Å²) in [6.07, 6.45) is 13.6. The van der Waals surface area contributed by atoms with Crippen LogP contribution in [0.4, 0.5) is 17.8 Å². The van der Waals surface area contributed by atoms with Crippen LogP contribution in [0.25, 0.3) is 0 Å². The molecule has 10 nitrogen and oxygen atoms in total. The Bertz CT molecular complexity index is 942. The fourth-order valence-electron chi connectivity index (χ4n) is 4.62. The van der Waals surface area contributed by atoms with Gasteiger partial charge in [-0.2, -0.15) is 15.0 Å². The zero-order valence-electron chi connectivity index (χ0n) is 24.3. The number of carbonyl (C=O) groups is 1. The first-order valence-electron chi connectivity index (χ1n) is 15.2. The Hall–Kier alpha value is -2.98. The number of rotatable bonds is 21. The molecule has 0 atom stereocenters. The molecule has 0 unspecified atom stereocenters. The predicted octanol–water partition coefficient (Wildman–Crippen LogP) is 5.26. The molecule has 3 rings (SSSR count). The zero-order chi connectivity index (χ0) is 28.1. The summed E-state index contributed by atoms with van der Waals surface area (Å²) < 4.78 is 11.2. The second-order valence-corrected chi connectivity index (χ2v) is 10.3. The van der Waals surface area contributed by atoms with Gasteiger partial charge in [-0.25, -0.2) is 0 Å². The Kier molecular flexibility index (Phi) is 15.8. The smallest absolute Gasteiger partial charge is 0.251 e. The largest absolute Gasteiger partial charge is 0.377 e. The summed E-state index contributed by atoms with van der Waals surface area (Å²) in [7, 11) is 0. The molecule has 0 bridgehead atoms. The summed E-state index contributed by atoms with van der Waals surface area (Å²) in [4.78, 5) is 25.8.